The van der Waals surface area contributed by atoms with Crippen LogP contribution in [0.2, 0.25) is 0 Å². The number of ether oxygens (including phenoxy) is 1. The van der Waals surface area contributed by atoms with Gasteiger partial charge in [0.25, 0.3) is 0 Å². The van der Waals surface area contributed by atoms with Gasteiger partial charge in [-0.05, 0) is 24.7 Å². The smallest absolute Gasteiger partial charge is 0.308 e. The average molecular weight is 468 g/mol. The molecule has 1 aliphatic carbocycles. The van der Waals surface area contributed by atoms with Gasteiger partial charge in [0.2, 0.25) is 5.91 Å². The highest BCUT2D eigenvalue weighted by atomic mass is 127. The predicted molar refractivity (Wildman–Crippen MR) is 107 cm³/mol. The van der Waals surface area contributed by atoms with E-state index in [0.717, 1.165) is 23.7 Å². The Morgan fingerprint density at radius 3 is 2.44 bits per heavy atom. The zero-order chi connectivity index (χ0) is 18.8. The second kappa shape index (κ2) is 12.1. The summed E-state index contributed by atoms with van der Waals surface area (Å²) in [6.45, 7) is 7.73. The van der Waals surface area contributed by atoms with Crippen molar-refractivity contribution in [2.24, 2.45) is 17.8 Å². The Kier molecular flexibility index (Phi) is 10.9. The molecule has 1 aliphatic rings. The van der Waals surface area contributed by atoms with Crippen molar-refractivity contribution in [3.05, 3.63) is 0 Å². The molecule has 0 aromatic carbocycles. The summed E-state index contributed by atoms with van der Waals surface area (Å²) in [5, 5.41) is 16.1. The topological polar surface area (TPSA) is 87.7 Å². The number of hydrogen-bond acceptors (Lipinski definition) is 4. The molecule has 25 heavy (non-hydrogen) atoms. The van der Waals surface area contributed by atoms with Crippen molar-refractivity contribution in [1.29, 1.82) is 0 Å². The van der Waals surface area contributed by atoms with E-state index < -0.39 is 11.9 Å². The Morgan fingerprint density at radius 1 is 1.24 bits per heavy atom. The van der Waals surface area contributed by atoms with Crippen molar-refractivity contribution in [2.45, 2.75) is 58.5 Å². The molecule has 0 heterocycles. The normalized spacial score (nSPS) is 24.4. The van der Waals surface area contributed by atoms with E-state index in [-0.39, 0.29) is 23.9 Å². The van der Waals surface area contributed by atoms with Crippen molar-refractivity contribution in [2.75, 3.05) is 24.2 Å². The van der Waals surface area contributed by atoms with E-state index in [1.165, 1.54) is 0 Å². The van der Waals surface area contributed by atoms with Gasteiger partial charge in [0, 0.05) is 30.0 Å². The fourth-order valence-electron chi connectivity index (χ4n) is 4.06. The monoisotopic (exact) mass is 468 g/mol. The second-order valence-electron chi connectivity index (χ2n) is 6.77. The molecule has 0 aromatic rings. The maximum atomic E-state index is 11.7. The second-order valence-corrected chi connectivity index (χ2v) is 7.85. The largest absolute Gasteiger partial charge is 0.481 e. The highest BCUT2D eigenvalue weighted by Crippen LogP contribution is 2.37. The number of nitrogens with one attached hydrogen (secondary N) is 2. The number of carbonyl (C=O) groups excluding carboxylic acids is 1. The molecule has 6 nitrogen and oxygen atoms in total. The lowest BCUT2D eigenvalue weighted by Crippen LogP contribution is -2.52. The van der Waals surface area contributed by atoms with Crippen LogP contribution in [0.5, 0.6) is 0 Å². The van der Waals surface area contributed by atoms with Crippen molar-refractivity contribution in [1.82, 2.24) is 10.6 Å². The lowest BCUT2D eigenvalue weighted by atomic mass is 9.81. The number of rotatable bonds is 12. The molecule has 1 fully saturated rings. The molecule has 1 saturated carbocycles. The van der Waals surface area contributed by atoms with Crippen molar-refractivity contribution < 1.29 is 19.4 Å². The van der Waals surface area contributed by atoms with Crippen molar-refractivity contribution >= 4 is 34.5 Å². The predicted octanol–water partition coefficient (Wildman–Crippen LogP) is 2.45. The minimum atomic E-state index is -0.751. The molecule has 4 atom stereocenters. The highest BCUT2D eigenvalue weighted by molar-refractivity contribution is 14.1. The van der Waals surface area contributed by atoms with Gasteiger partial charge in [-0.25, -0.2) is 0 Å². The molecular formula is C18H33IN2O4. The third-order valence-corrected chi connectivity index (χ3v) is 5.70. The molecule has 0 aromatic heterocycles. The van der Waals surface area contributed by atoms with Crippen LogP contribution in [0.3, 0.4) is 0 Å². The van der Waals surface area contributed by atoms with E-state index in [2.05, 4.69) is 47.1 Å². The summed E-state index contributed by atoms with van der Waals surface area (Å²) < 4.78 is 6.45. The SMILES string of the molecule is CCC(CC)[C@@H](NC(C)=O)[C@H]1CC[C@H](C(=O)O)[C@H]1NCCOCCI. The van der Waals surface area contributed by atoms with Gasteiger partial charge in [-0.1, -0.05) is 49.3 Å². The third kappa shape index (κ3) is 7.02. The third-order valence-electron chi connectivity index (χ3n) is 5.26. The van der Waals surface area contributed by atoms with Crippen LogP contribution in [0, 0.1) is 17.8 Å². The fraction of sp³-hybridized carbons (Fsp3) is 0.889. The molecule has 0 spiro atoms. The van der Waals surface area contributed by atoms with Gasteiger partial charge in [-0.3, -0.25) is 9.59 Å². The molecule has 0 radical (unpaired) electrons. The van der Waals surface area contributed by atoms with Crippen molar-refractivity contribution in [3.63, 3.8) is 0 Å². The van der Waals surface area contributed by atoms with Crippen LogP contribution >= 0.6 is 22.6 Å². The summed E-state index contributed by atoms with van der Waals surface area (Å²) in [6, 6.07) is -0.109. The van der Waals surface area contributed by atoms with Gasteiger partial charge >= 0.3 is 5.97 Å². The van der Waals surface area contributed by atoms with Crippen LogP contribution < -0.4 is 10.6 Å². The summed E-state index contributed by atoms with van der Waals surface area (Å²) in [4.78, 5) is 23.4. The molecule has 3 N–H and O–H groups in total. The Bertz CT molecular complexity index is 418. The van der Waals surface area contributed by atoms with Gasteiger partial charge in [-0.15, -0.1) is 0 Å². The highest BCUT2D eigenvalue weighted by Gasteiger charge is 2.45. The number of alkyl halides is 1. The Labute approximate surface area is 165 Å². The first-order chi connectivity index (χ1) is 12.0. The van der Waals surface area contributed by atoms with Gasteiger partial charge in [0.05, 0.1) is 19.1 Å². The van der Waals surface area contributed by atoms with Crippen LogP contribution in [-0.2, 0) is 14.3 Å². The Hall–Kier alpha value is -0.410. The maximum absolute atomic E-state index is 11.7. The molecular weight excluding hydrogens is 435 g/mol. The molecule has 0 saturated heterocycles. The van der Waals surface area contributed by atoms with E-state index >= 15 is 0 Å². The van der Waals surface area contributed by atoms with Crippen LogP contribution in [0.25, 0.3) is 0 Å². The van der Waals surface area contributed by atoms with Gasteiger partial charge in [0.15, 0.2) is 0 Å². The van der Waals surface area contributed by atoms with E-state index in [4.69, 9.17) is 4.74 Å². The lowest BCUT2D eigenvalue weighted by Gasteiger charge is -2.36. The number of halogens is 1. The van der Waals surface area contributed by atoms with E-state index in [1.54, 1.807) is 6.92 Å². The van der Waals surface area contributed by atoms with Crippen LogP contribution in [0.1, 0.15) is 46.5 Å². The quantitative estimate of drug-likeness (QED) is 0.233. The summed E-state index contributed by atoms with van der Waals surface area (Å²) in [6.07, 6.45) is 3.43. The molecule has 0 bridgehead atoms. The summed E-state index contributed by atoms with van der Waals surface area (Å²) in [5.74, 6) is -0.695. The Balaban J connectivity index is 2.85. The molecule has 0 unspecified atom stereocenters. The molecule has 1 rings (SSSR count). The number of amides is 1. The van der Waals surface area contributed by atoms with Gasteiger partial charge < -0.3 is 20.5 Å². The summed E-state index contributed by atoms with van der Waals surface area (Å²) in [7, 11) is 0. The van der Waals surface area contributed by atoms with Crippen LogP contribution in [0.15, 0.2) is 0 Å². The van der Waals surface area contributed by atoms with Gasteiger partial charge in [-0.2, -0.15) is 0 Å². The van der Waals surface area contributed by atoms with E-state index in [1.807, 2.05) is 0 Å². The van der Waals surface area contributed by atoms with Crippen LogP contribution in [-0.4, -0.2) is 53.3 Å². The molecule has 1 amide bonds. The number of carbonyl (C=O) groups is 2. The lowest BCUT2D eigenvalue weighted by molar-refractivity contribution is -0.142. The summed E-state index contributed by atoms with van der Waals surface area (Å²) in [5.41, 5.74) is 0. The zero-order valence-corrected chi connectivity index (χ0v) is 17.8. The average Bonchev–Trinajstić information content (AvgIpc) is 2.98. The van der Waals surface area contributed by atoms with E-state index in [0.29, 0.717) is 32.1 Å². The standard InChI is InChI=1S/C18H33IN2O4/c1-4-13(5-2)16(21-12(3)22)14-6-7-15(18(23)24)17(14)20-9-11-25-10-8-19/h13-17,20H,4-11H2,1-3H3,(H,21,22)(H,23,24)/t14-,15+,16-,17+/m1/s1. The number of carboxylic acid groups (broad SMARTS) is 1. The first-order valence-electron chi connectivity index (χ1n) is 9.33. The summed E-state index contributed by atoms with van der Waals surface area (Å²) >= 11 is 2.26. The molecule has 0 aliphatic heterocycles. The maximum Gasteiger partial charge on any atom is 0.308 e. The van der Waals surface area contributed by atoms with Crippen LogP contribution in [0.4, 0.5) is 0 Å². The first-order valence-corrected chi connectivity index (χ1v) is 10.9. The molecule has 146 valence electrons. The van der Waals surface area contributed by atoms with E-state index in [9.17, 15) is 14.7 Å². The minimum Gasteiger partial charge on any atom is -0.481 e. The fourth-order valence-corrected chi connectivity index (χ4v) is 4.37. The molecule has 7 heteroatoms. The number of hydrogen-bond donors (Lipinski definition) is 3. The van der Waals surface area contributed by atoms with Gasteiger partial charge in [0.1, 0.15) is 0 Å². The zero-order valence-electron chi connectivity index (χ0n) is 15.6. The first kappa shape index (κ1) is 22.6. The number of carboxylic acids is 1. The number of aliphatic carboxylic acids is 1. The minimum absolute atomic E-state index is 0.0182. The Morgan fingerprint density at radius 2 is 1.92 bits per heavy atom. The van der Waals surface area contributed by atoms with Crippen molar-refractivity contribution in [3.8, 4) is 0 Å².